The zero-order chi connectivity index (χ0) is 15.6. The Labute approximate surface area is 128 Å². The second-order valence-corrected chi connectivity index (χ2v) is 5.58. The number of aromatic carboxylic acids is 1. The Kier molecular flexibility index (Phi) is 4.64. The van der Waals surface area contributed by atoms with E-state index in [-0.39, 0.29) is 22.0 Å². The molecule has 0 unspecified atom stereocenters. The summed E-state index contributed by atoms with van der Waals surface area (Å²) in [5.41, 5.74) is -0.228. The molecule has 2 N–H and O–H groups in total. The molecule has 8 heteroatoms. The van der Waals surface area contributed by atoms with Gasteiger partial charge in [-0.05, 0) is 30.7 Å². The van der Waals surface area contributed by atoms with Gasteiger partial charge in [0.1, 0.15) is 16.4 Å². The molecular weight excluding hydrogens is 319 g/mol. The Morgan fingerprint density at radius 1 is 1.52 bits per heavy atom. The summed E-state index contributed by atoms with van der Waals surface area (Å²) in [5, 5.41) is 9.58. The largest absolute Gasteiger partial charge is 0.478 e. The molecule has 0 aliphatic rings. The molecular formula is C13H10ClFN2O3S. The third kappa shape index (κ3) is 3.62. The fraction of sp³-hybridized carbons (Fsp3) is 0.154. The van der Waals surface area contributed by atoms with E-state index in [0.717, 1.165) is 11.8 Å². The topological polar surface area (TPSA) is 83.0 Å². The molecule has 2 aromatic rings. The number of aromatic amines is 1. The fourth-order valence-electron chi connectivity index (χ4n) is 1.72. The number of hydrogen-bond donors (Lipinski definition) is 2. The highest BCUT2D eigenvalue weighted by Gasteiger charge is 2.17. The summed E-state index contributed by atoms with van der Waals surface area (Å²) in [6, 6.07) is 4.10. The van der Waals surface area contributed by atoms with E-state index in [2.05, 4.69) is 9.97 Å². The minimum absolute atomic E-state index is 0.0446. The van der Waals surface area contributed by atoms with E-state index in [9.17, 15) is 14.0 Å². The van der Waals surface area contributed by atoms with Crippen molar-refractivity contribution in [3.8, 4) is 0 Å². The van der Waals surface area contributed by atoms with Crippen molar-refractivity contribution in [1.82, 2.24) is 9.97 Å². The Morgan fingerprint density at radius 3 is 2.90 bits per heavy atom. The van der Waals surface area contributed by atoms with Gasteiger partial charge in [0.25, 0.3) is 0 Å². The number of carboxylic acids is 1. The summed E-state index contributed by atoms with van der Waals surface area (Å²) in [7, 11) is 0. The van der Waals surface area contributed by atoms with Crippen molar-refractivity contribution < 1.29 is 14.3 Å². The molecule has 1 aromatic carbocycles. The Morgan fingerprint density at radius 2 is 2.24 bits per heavy atom. The minimum atomic E-state index is -1.20. The van der Waals surface area contributed by atoms with Crippen LogP contribution in [0.1, 0.15) is 21.6 Å². The van der Waals surface area contributed by atoms with Crippen LogP contribution in [-0.4, -0.2) is 21.0 Å². The average molecular weight is 329 g/mol. The molecule has 0 saturated carbocycles. The van der Waals surface area contributed by atoms with Crippen LogP contribution in [0.3, 0.4) is 0 Å². The molecule has 0 aliphatic carbocycles. The number of rotatable bonds is 4. The van der Waals surface area contributed by atoms with Crippen molar-refractivity contribution in [2.24, 2.45) is 0 Å². The van der Waals surface area contributed by atoms with Crippen LogP contribution in [0.5, 0.6) is 0 Å². The molecule has 0 fully saturated rings. The van der Waals surface area contributed by atoms with Crippen molar-refractivity contribution in [2.75, 3.05) is 0 Å². The van der Waals surface area contributed by atoms with Crippen molar-refractivity contribution in [3.05, 3.63) is 56.3 Å². The number of halogens is 2. The highest BCUT2D eigenvalue weighted by molar-refractivity contribution is 7.98. The van der Waals surface area contributed by atoms with Gasteiger partial charge in [-0.2, -0.15) is 4.98 Å². The number of H-pyrrole nitrogens is 1. The lowest BCUT2D eigenvalue weighted by molar-refractivity contribution is 0.0690. The molecule has 2 rings (SSSR count). The molecule has 21 heavy (non-hydrogen) atoms. The van der Waals surface area contributed by atoms with Crippen LogP contribution in [0.2, 0.25) is 5.02 Å². The van der Waals surface area contributed by atoms with E-state index in [1.54, 1.807) is 0 Å². The second kappa shape index (κ2) is 6.28. The monoisotopic (exact) mass is 328 g/mol. The average Bonchev–Trinajstić information content (AvgIpc) is 2.38. The summed E-state index contributed by atoms with van der Waals surface area (Å²) >= 11 is 6.76. The Hall–Kier alpha value is -1.86. The third-order valence-corrected chi connectivity index (χ3v) is 3.93. The molecule has 0 radical (unpaired) electrons. The quantitative estimate of drug-likeness (QED) is 0.666. The van der Waals surface area contributed by atoms with E-state index in [1.165, 1.54) is 25.1 Å². The van der Waals surface area contributed by atoms with E-state index in [0.29, 0.717) is 10.6 Å². The Bertz CT molecular complexity index is 764. The first-order valence-electron chi connectivity index (χ1n) is 5.79. The summed E-state index contributed by atoms with van der Waals surface area (Å²) in [5.74, 6) is -1.54. The number of aromatic nitrogens is 2. The highest BCUT2D eigenvalue weighted by atomic mass is 35.5. The van der Waals surface area contributed by atoms with Crippen LogP contribution in [0.15, 0.2) is 28.0 Å². The SMILES string of the molecule is Cc1[nH]c(=O)nc(SCc2cc(Cl)ccc2F)c1C(=O)O. The van der Waals surface area contributed by atoms with Crippen molar-refractivity contribution in [2.45, 2.75) is 17.7 Å². The van der Waals surface area contributed by atoms with Gasteiger partial charge >= 0.3 is 11.7 Å². The fourth-order valence-corrected chi connectivity index (χ4v) is 2.96. The maximum atomic E-state index is 13.6. The lowest BCUT2D eigenvalue weighted by atomic mass is 10.2. The number of aryl methyl sites for hydroxylation is 1. The molecule has 1 heterocycles. The van der Waals surface area contributed by atoms with Crippen LogP contribution in [0.4, 0.5) is 4.39 Å². The molecule has 0 aliphatic heterocycles. The van der Waals surface area contributed by atoms with Crippen LogP contribution in [0.25, 0.3) is 0 Å². The van der Waals surface area contributed by atoms with E-state index >= 15 is 0 Å². The zero-order valence-corrected chi connectivity index (χ0v) is 12.4. The first kappa shape index (κ1) is 15.5. The number of thioether (sulfide) groups is 1. The van der Waals surface area contributed by atoms with Gasteiger partial charge in [0, 0.05) is 16.5 Å². The molecule has 0 spiro atoms. The van der Waals surface area contributed by atoms with Gasteiger partial charge in [-0.1, -0.05) is 11.6 Å². The first-order valence-corrected chi connectivity index (χ1v) is 7.15. The molecule has 1 aromatic heterocycles. The van der Waals surface area contributed by atoms with Crippen molar-refractivity contribution in [1.29, 1.82) is 0 Å². The third-order valence-electron chi connectivity index (χ3n) is 2.67. The molecule has 110 valence electrons. The Balaban J connectivity index is 2.34. The second-order valence-electron chi connectivity index (χ2n) is 4.18. The smallest absolute Gasteiger partial charge is 0.346 e. The van der Waals surface area contributed by atoms with Crippen molar-refractivity contribution in [3.63, 3.8) is 0 Å². The van der Waals surface area contributed by atoms with Crippen molar-refractivity contribution >= 4 is 29.3 Å². The summed E-state index contributed by atoms with van der Waals surface area (Å²) in [6.07, 6.45) is 0. The van der Waals surface area contributed by atoms with E-state index < -0.39 is 17.5 Å². The number of nitrogens with zero attached hydrogens (tertiary/aromatic N) is 1. The highest BCUT2D eigenvalue weighted by Crippen LogP contribution is 2.27. The lowest BCUT2D eigenvalue weighted by Crippen LogP contribution is -2.18. The summed E-state index contributed by atoms with van der Waals surface area (Å²) < 4.78 is 13.6. The molecule has 0 amide bonds. The molecule has 0 saturated heterocycles. The lowest BCUT2D eigenvalue weighted by Gasteiger charge is -2.07. The predicted molar refractivity (Wildman–Crippen MR) is 77.5 cm³/mol. The van der Waals surface area contributed by atoms with Crippen LogP contribution in [-0.2, 0) is 5.75 Å². The maximum absolute atomic E-state index is 13.6. The maximum Gasteiger partial charge on any atom is 0.346 e. The summed E-state index contributed by atoms with van der Waals surface area (Å²) in [6.45, 7) is 1.47. The van der Waals surface area contributed by atoms with Crippen LogP contribution >= 0.6 is 23.4 Å². The summed E-state index contributed by atoms with van der Waals surface area (Å²) in [4.78, 5) is 28.5. The van der Waals surface area contributed by atoms with Gasteiger partial charge in [0.05, 0.1) is 0 Å². The number of carbonyl (C=O) groups is 1. The number of hydrogen-bond acceptors (Lipinski definition) is 4. The number of benzene rings is 1. The predicted octanol–water partition coefficient (Wildman–Crippen LogP) is 2.86. The van der Waals surface area contributed by atoms with E-state index in [4.69, 9.17) is 16.7 Å². The molecule has 0 bridgehead atoms. The number of carboxylic acid groups (broad SMARTS) is 1. The minimum Gasteiger partial charge on any atom is -0.478 e. The van der Waals surface area contributed by atoms with Gasteiger partial charge in [-0.3, -0.25) is 0 Å². The van der Waals surface area contributed by atoms with Gasteiger partial charge in [-0.15, -0.1) is 11.8 Å². The standard InChI is InChI=1S/C13H10ClFN2O3S/c1-6-10(12(18)19)11(17-13(20)16-6)21-5-7-4-8(14)2-3-9(7)15/h2-4H,5H2,1H3,(H,18,19)(H,16,17,20). The zero-order valence-electron chi connectivity index (χ0n) is 10.8. The normalized spacial score (nSPS) is 10.6. The van der Waals surface area contributed by atoms with Crippen LogP contribution in [0, 0.1) is 12.7 Å². The first-order chi connectivity index (χ1) is 9.88. The van der Waals surface area contributed by atoms with Gasteiger partial charge in [-0.25, -0.2) is 14.0 Å². The van der Waals surface area contributed by atoms with Gasteiger partial charge < -0.3 is 10.1 Å². The van der Waals surface area contributed by atoms with E-state index in [1.807, 2.05) is 0 Å². The molecule has 0 atom stereocenters. The van der Waals surface area contributed by atoms with Gasteiger partial charge in [0.2, 0.25) is 0 Å². The van der Waals surface area contributed by atoms with Gasteiger partial charge in [0.15, 0.2) is 0 Å². The van der Waals surface area contributed by atoms with Crippen LogP contribution < -0.4 is 5.69 Å². The number of nitrogens with one attached hydrogen (secondary N) is 1. The molecule has 5 nitrogen and oxygen atoms in total.